The SMILES string of the molecule is OCCC#Cc1cc(CSc2ncccc2Br)ccc1F. The molecule has 2 aromatic rings. The number of aliphatic hydroxyl groups is 1. The Bertz CT molecular complexity index is 681. The first kappa shape index (κ1) is 16.0. The second kappa shape index (κ2) is 8.18. The maximum atomic E-state index is 13.6. The second-order valence-electron chi connectivity index (χ2n) is 4.17. The average Bonchev–Trinajstić information content (AvgIpc) is 2.49. The molecule has 1 N–H and O–H groups in total. The lowest BCUT2D eigenvalue weighted by Crippen LogP contribution is -1.89. The Balaban J connectivity index is 2.09. The van der Waals surface area contributed by atoms with Crippen LogP contribution < -0.4 is 0 Å². The normalized spacial score (nSPS) is 10.0. The Kier molecular flexibility index (Phi) is 6.24. The Labute approximate surface area is 135 Å². The lowest BCUT2D eigenvalue weighted by Gasteiger charge is -2.04. The number of hydrogen-bond acceptors (Lipinski definition) is 3. The zero-order valence-corrected chi connectivity index (χ0v) is 13.5. The zero-order chi connectivity index (χ0) is 15.1. The maximum absolute atomic E-state index is 13.6. The third-order valence-corrected chi connectivity index (χ3v) is 4.57. The fourth-order valence-electron chi connectivity index (χ4n) is 1.60. The van der Waals surface area contributed by atoms with Crippen molar-refractivity contribution in [2.24, 2.45) is 0 Å². The highest BCUT2D eigenvalue weighted by atomic mass is 79.9. The largest absolute Gasteiger partial charge is 0.395 e. The molecule has 21 heavy (non-hydrogen) atoms. The molecule has 0 aliphatic heterocycles. The van der Waals surface area contributed by atoms with Gasteiger partial charge in [-0.1, -0.05) is 17.9 Å². The molecule has 1 aromatic carbocycles. The summed E-state index contributed by atoms with van der Waals surface area (Å²) < 4.78 is 14.6. The number of halogens is 2. The molecule has 0 unspecified atom stereocenters. The molecule has 0 bridgehead atoms. The molecule has 0 fully saturated rings. The van der Waals surface area contributed by atoms with Crippen molar-refractivity contribution in [1.29, 1.82) is 0 Å². The minimum absolute atomic E-state index is 0.0160. The van der Waals surface area contributed by atoms with E-state index in [4.69, 9.17) is 5.11 Å². The lowest BCUT2D eigenvalue weighted by molar-refractivity contribution is 0.305. The van der Waals surface area contributed by atoms with Crippen LogP contribution in [0.4, 0.5) is 4.39 Å². The summed E-state index contributed by atoms with van der Waals surface area (Å²) in [5, 5.41) is 9.59. The van der Waals surface area contributed by atoms with Gasteiger partial charge in [0.2, 0.25) is 0 Å². The molecule has 0 aliphatic carbocycles. The Morgan fingerprint density at radius 1 is 1.33 bits per heavy atom. The molecular weight excluding hydrogens is 353 g/mol. The van der Waals surface area contributed by atoms with Crippen LogP contribution in [0.5, 0.6) is 0 Å². The van der Waals surface area contributed by atoms with Gasteiger partial charge in [0, 0.05) is 22.8 Å². The molecule has 1 heterocycles. The summed E-state index contributed by atoms with van der Waals surface area (Å²) in [4.78, 5) is 4.28. The molecule has 0 aliphatic rings. The standard InChI is InChI=1S/C16H13BrFNOS/c17-14-5-3-8-19-16(14)21-11-12-6-7-15(18)13(10-12)4-1-2-9-20/h3,5-8,10,20H,2,9,11H2. The average molecular weight is 366 g/mol. The molecule has 0 amide bonds. The minimum atomic E-state index is -0.340. The predicted octanol–water partition coefficient (Wildman–Crippen LogP) is 4.01. The predicted molar refractivity (Wildman–Crippen MR) is 86.5 cm³/mol. The number of thioether (sulfide) groups is 1. The highest BCUT2D eigenvalue weighted by molar-refractivity contribution is 9.10. The van der Waals surface area contributed by atoms with Crippen molar-refractivity contribution in [3.63, 3.8) is 0 Å². The third kappa shape index (κ3) is 4.85. The zero-order valence-electron chi connectivity index (χ0n) is 11.1. The van der Waals surface area contributed by atoms with E-state index in [0.29, 0.717) is 17.7 Å². The summed E-state index contributed by atoms with van der Waals surface area (Å²) in [5.74, 6) is 5.83. The van der Waals surface area contributed by atoms with Gasteiger partial charge in [-0.3, -0.25) is 0 Å². The van der Waals surface area contributed by atoms with Crippen LogP contribution in [-0.2, 0) is 5.75 Å². The van der Waals surface area contributed by atoms with E-state index in [0.717, 1.165) is 15.1 Å². The molecule has 5 heteroatoms. The molecular formula is C16H13BrFNOS. The molecule has 0 spiro atoms. The van der Waals surface area contributed by atoms with Crippen LogP contribution in [0, 0.1) is 17.7 Å². The third-order valence-electron chi connectivity index (χ3n) is 2.59. The fraction of sp³-hybridized carbons (Fsp3) is 0.188. The van der Waals surface area contributed by atoms with Gasteiger partial charge in [-0.25, -0.2) is 9.37 Å². The molecule has 0 saturated carbocycles. The van der Waals surface area contributed by atoms with Gasteiger partial charge in [0.05, 0.1) is 12.2 Å². The van der Waals surface area contributed by atoms with Gasteiger partial charge in [0.1, 0.15) is 10.8 Å². The van der Waals surface area contributed by atoms with E-state index in [-0.39, 0.29) is 12.4 Å². The highest BCUT2D eigenvalue weighted by Gasteiger charge is 2.05. The first-order valence-electron chi connectivity index (χ1n) is 6.32. The van der Waals surface area contributed by atoms with Gasteiger partial charge in [0.15, 0.2) is 0 Å². The van der Waals surface area contributed by atoms with Crippen LogP contribution in [0.3, 0.4) is 0 Å². The van der Waals surface area contributed by atoms with Gasteiger partial charge in [0.25, 0.3) is 0 Å². The molecule has 1 aromatic heterocycles. The van der Waals surface area contributed by atoms with Crippen LogP contribution in [0.2, 0.25) is 0 Å². The van der Waals surface area contributed by atoms with Crippen molar-refractivity contribution < 1.29 is 9.50 Å². The monoisotopic (exact) mass is 365 g/mol. The van der Waals surface area contributed by atoms with Gasteiger partial charge in [-0.2, -0.15) is 0 Å². The topological polar surface area (TPSA) is 33.1 Å². The first-order chi connectivity index (χ1) is 10.2. The van der Waals surface area contributed by atoms with Crippen molar-refractivity contribution >= 4 is 27.7 Å². The van der Waals surface area contributed by atoms with Crippen molar-refractivity contribution in [2.75, 3.05) is 6.61 Å². The van der Waals surface area contributed by atoms with Crippen molar-refractivity contribution in [3.05, 3.63) is 57.9 Å². The minimum Gasteiger partial charge on any atom is -0.395 e. The Morgan fingerprint density at radius 2 is 2.19 bits per heavy atom. The van der Waals surface area contributed by atoms with E-state index >= 15 is 0 Å². The fourth-order valence-corrected chi connectivity index (χ4v) is 3.02. The van der Waals surface area contributed by atoms with E-state index in [1.165, 1.54) is 6.07 Å². The van der Waals surface area contributed by atoms with E-state index in [1.54, 1.807) is 30.1 Å². The van der Waals surface area contributed by atoms with E-state index in [1.807, 2.05) is 12.1 Å². The van der Waals surface area contributed by atoms with Crippen molar-refractivity contribution in [2.45, 2.75) is 17.2 Å². The van der Waals surface area contributed by atoms with E-state index < -0.39 is 0 Å². The second-order valence-corrected chi connectivity index (χ2v) is 5.99. The molecule has 0 radical (unpaired) electrons. The molecule has 108 valence electrons. The summed E-state index contributed by atoms with van der Waals surface area (Å²) in [6.07, 6.45) is 2.09. The number of hydrogen-bond donors (Lipinski definition) is 1. The first-order valence-corrected chi connectivity index (χ1v) is 8.10. The van der Waals surface area contributed by atoms with E-state index in [9.17, 15) is 4.39 Å². The van der Waals surface area contributed by atoms with E-state index in [2.05, 4.69) is 32.8 Å². The number of aromatic nitrogens is 1. The molecule has 2 nitrogen and oxygen atoms in total. The lowest BCUT2D eigenvalue weighted by atomic mass is 10.1. The quantitative estimate of drug-likeness (QED) is 0.656. The molecule has 0 saturated heterocycles. The van der Waals surface area contributed by atoms with Gasteiger partial charge < -0.3 is 5.11 Å². The van der Waals surface area contributed by atoms with Crippen LogP contribution in [0.1, 0.15) is 17.5 Å². The summed E-state index contributed by atoms with van der Waals surface area (Å²) in [6, 6.07) is 8.71. The maximum Gasteiger partial charge on any atom is 0.138 e. The van der Waals surface area contributed by atoms with Gasteiger partial charge in [-0.15, -0.1) is 11.8 Å². The van der Waals surface area contributed by atoms with Gasteiger partial charge in [-0.05, 0) is 45.8 Å². The molecule has 0 atom stereocenters. The summed E-state index contributed by atoms with van der Waals surface area (Å²) in [7, 11) is 0. The number of aliphatic hydroxyl groups excluding tert-OH is 1. The van der Waals surface area contributed by atoms with Crippen LogP contribution in [0.15, 0.2) is 46.0 Å². The number of nitrogens with zero attached hydrogens (tertiary/aromatic N) is 1. The van der Waals surface area contributed by atoms with Crippen molar-refractivity contribution in [1.82, 2.24) is 4.98 Å². The summed E-state index contributed by atoms with van der Waals surface area (Å²) in [6.45, 7) is -0.0160. The summed E-state index contributed by atoms with van der Waals surface area (Å²) in [5.41, 5.74) is 1.34. The van der Waals surface area contributed by atoms with Crippen LogP contribution in [-0.4, -0.2) is 16.7 Å². The Morgan fingerprint density at radius 3 is 2.95 bits per heavy atom. The number of pyridine rings is 1. The van der Waals surface area contributed by atoms with Crippen molar-refractivity contribution in [3.8, 4) is 11.8 Å². The smallest absolute Gasteiger partial charge is 0.138 e. The number of rotatable bonds is 4. The molecule has 2 rings (SSSR count). The number of benzene rings is 1. The summed E-state index contributed by atoms with van der Waals surface area (Å²) >= 11 is 5.02. The van der Waals surface area contributed by atoms with Gasteiger partial charge >= 0.3 is 0 Å². The highest BCUT2D eigenvalue weighted by Crippen LogP contribution is 2.28. The Hall–Kier alpha value is -1.35. The van der Waals surface area contributed by atoms with Crippen LogP contribution in [0.25, 0.3) is 0 Å². The van der Waals surface area contributed by atoms with Crippen LogP contribution >= 0.6 is 27.7 Å².